The highest BCUT2D eigenvalue weighted by atomic mass is 32.3. The minimum absolute atomic E-state index is 0.0393. The molecular formula is C12H9FO7S. The zero-order valence-electron chi connectivity index (χ0n) is 10.7. The molecule has 0 N–H and O–H groups in total. The van der Waals surface area contributed by atoms with E-state index < -0.39 is 22.1 Å². The number of halogens is 1. The summed E-state index contributed by atoms with van der Waals surface area (Å²) in [7, 11) is -3.98. The fraction of sp³-hybridized carbons (Fsp3) is 0.167. The minimum atomic E-state index is -5.18. The molecule has 9 heteroatoms. The summed E-state index contributed by atoms with van der Waals surface area (Å²) in [4.78, 5) is 22.7. The van der Waals surface area contributed by atoms with Gasteiger partial charge in [-0.05, 0) is 17.7 Å². The molecule has 0 bridgehead atoms. The molecule has 1 aromatic heterocycles. The van der Waals surface area contributed by atoms with E-state index in [1.54, 1.807) is 0 Å². The van der Waals surface area contributed by atoms with Crippen molar-refractivity contribution >= 4 is 27.4 Å². The number of methoxy groups -OCH3 is 1. The molecule has 112 valence electrons. The van der Waals surface area contributed by atoms with Crippen LogP contribution >= 0.6 is 0 Å². The molecule has 2 aromatic rings. The van der Waals surface area contributed by atoms with Gasteiger partial charge in [-0.15, -0.1) is 0 Å². The van der Waals surface area contributed by atoms with E-state index >= 15 is 0 Å². The summed E-state index contributed by atoms with van der Waals surface area (Å²) in [6.45, 7) is 0. The normalized spacial score (nSPS) is 11.3. The predicted octanol–water partition coefficient (Wildman–Crippen LogP) is 1.10. The Bertz CT molecular complexity index is 854. The third-order valence-electron chi connectivity index (χ3n) is 2.56. The lowest BCUT2D eigenvalue weighted by atomic mass is 10.1. The van der Waals surface area contributed by atoms with Crippen molar-refractivity contribution in [2.45, 2.75) is 6.42 Å². The van der Waals surface area contributed by atoms with Crippen LogP contribution in [0, 0.1) is 0 Å². The van der Waals surface area contributed by atoms with Gasteiger partial charge in [-0.2, -0.15) is 8.42 Å². The molecule has 0 unspecified atom stereocenters. The zero-order valence-corrected chi connectivity index (χ0v) is 11.5. The standard InChI is InChI=1S/C12H9FO7S/c1-18-11(14)4-7-5-12(15)19-10-6-8(2-3-9(7)10)20-21(13,16)17/h2-3,5-6H,4H2,1H3. The van der Waals surface area contributed by atoms with Gasteiger partial charge in [0.1, 0.15) is 11.3 Å². The Morgan fingerprint density at radius 1 is 1.33 bits per heavy atom. The number of carbonyl (C=O) groups excluding carboxylic acids is 1. The summed E-state index contributed by atoms with van der Waals surface area (Å²) in [5.41, 5.74) is -0.452. The number of benzene rings is 1. The fourth-order valence-electron chi connectivity index (χ4n) is 1.75. The van der Waals surface area contributed by atoms with Crippen LogP contribution in [0.25, 0.3) is 11.0 Å². The number of ether oxygens (including phenoxy) is 1. The molecule has 0 radical (unpaired) electrons. The van der Waals surface area contributed by atoms with Crippen molar-refractivity contribution in [3.8, 4) is 5.75 Å². The Morgan fingerprint density at radius 3 is 2.67 bits per heavy atom. The van der Waals surface area contributed by atoms with Gasteiger partial charge in [-0.3, -0.25) is 4.79 Å². The van der Waals surface area contributed by atoms with Crippen LogP contribution in [0.1, 0.15) is 5.56 Å². The van der Waals surface area contributed by atoms with Gasteiger partial charge in [0.2, 0.25) is 0 Å². The van der Waals surface area contributed by atoms with Gasteiger partial charge in [-0.1, -0.05) is 3.89 Å². The van der Waals surface area contributed by atoms with E-state index in [1.165, 1.54) is 19.2 Å². The first-order valence-corrected chi connectivity index (χ1v) is 6.87. The summed E-state index contributed by atoms with van der Waals surface area (Å²) in [5.74, 6) is -0.920. The Morgan fingerprint density at radius 2 is 2.05 bits per heavy atom. The van der Waals surface area contributed by atoms with Gasteiger partial charge in [-0.25, -0.2) is 4.79 Å². The van der Waals surface area contributed by atoms with Crippen LogP contribution in [0.3, 0.4) is 0 Å². The molecular weight excluding hydrogens is 307 g/mol. The van der Waals surface area contributed by atoms with E-state index in [1.807, 2.05) is 0 Å². The van der Waals surface area contributed by atoms with Gasteiger partial charge in [0, 0.05) is 17.5 Å². The Labute approximate surface area is 118 Å². The van der Waals surface area contributed by atoms with E-state index in [0.717, 1.165) is 12.1 Å². The molecule has 2 rings (SSSR count). The topological polar surface area (TPSA) is 99.9 Å². The van der Waals surface area contributed by atoms with E-state index in [-0.39, 0.29) is 17.8 Å². The van der Waals surface area contributed by atoms with Crippen molar-refractivity contribution in [2.75, 3.05) is 7.11 Å². The number of fused-ring (bicyclic) bond motifs is 1. The van der Waals surface area contributed by atoms with E-state index in [9.17, 15) is 21.9 Å². The molecule has 1 heterocycles. The maximum Gasteiger partial charge on any atom is 0.488 e. The SMILES string of the molecule is COC(=O)Cc1cc(=O)oc2cc(OS(=O)(=O)F)ccc12. The number of rotatable bonds is 4. The summed E-state index contributed by atoms with van der Waals surface area (Å²) >= 11 is 0. The zero-order chi connectivity index (χ0) is 15.6. The maximum absolute atomic E-state index is 12.4. The Kier molecular flexibility index (Phi) is 3.94. The van der Waals surface area contributed by atoms with E-state index in [4.69, 9.17) is 4.42 Å². The molecule has 7 nitrogen and oxygen atoms in total. The summed E-state index contributed by atoms with van der Waals surface area (Å²) < 4.78 is 46.7. The van der Waals surface area contributed by atoms with Gasteiger partial charge in [0.25, 0.3) is 0 Å². The molecule has 0 aliphatic heterocycles. The van der Waals surface area contributed by atoms with Crippen molar-refractivity contribution < 1.29 is 30.4 Å². The van der Waals surface area contributed by atoms with Crippen molar-refractivity contribution in [3.63, 3.8) is 0 Å². The Hall–Kier alpha value is -2.42. The minimum Gasteiger partial charge on any atom is -0.469 e. The predicted molar refractivity (Wildman–Crippen MR) is 68.9 cm³/mol. The summed E-state index contributed by atoms with van der Waals surface area (Å²) in [5, 5.41) is 0.378. The largest absolute Gasteiger partial charge is 0.488 e. The van der Waals surface area contributed by atoms with E-state index in [2.05, 4.69) is 8.92 Å². The van der Waals surface area contributed by atoms with Gasteiger partial charge < -0.3 is 13.3 Å². The van der Waals surface area contributed by atoms with Crippen LogP contribution in [0.15, 0.2) is 33.5 Å². The molecule has 21 heavy (non-hydrogen) atoms. The first-order chi connectivity index (χ1) is 9.78. The molecule has 0 atom stereocenters. The van der Waals surface area contributed by atoms with E-state index in [0.29, 0.717) is 10.9 Å². The Balaban J connectivity index is 2.53. The second-order valence-electron chi connectivity index (χ2n) is 3.98. The maximum atomic E-state index is 12.4. The summed E-state index contributed by atoms with van der Waals surface area (Å²) in [6, 6.07) is 4.66. The number of carbonyl (C=O) groups is 1. The summed E-state index contributed by atoms with van der Waals surface area (Å²) in [6.07, 6.45) is -0.166. The van der Waals surface area contributed by atoms with Gasteiger partial charge in [0.05, 0.1) is 13.5 Å². The lowest BCUT2D eigenvalue weighted by molar-refractivity contribution is -0.139. The third-order valence-corrected chi connectivity index (χ3v) is 2.95. The highest BCUT2D eigenvalue weighted by Crippen LogP contribution is 2.24. The molecule has 0 saturated carbocycles. The lowest BCUT2D eigenvalue weighted by Crippen LogP contribution is -2.08. The van der Waals surface area contributed by atoms with Crippen LogP contribution in [0.5, 0.6) is 5.75 Å². The number of esters is 1. The highest BCUT2D eigenvalue weighted by Gasteiger charge is 2.14. The monoisotopic (exact) mass is 316 g/mol. The van der Waals surface area contributed by atoms with Crippen LogP contribution in [-0.4, -0.2) is 21.5 Å². The number of hydrogen-bond donors (Lipinski definition) is 0. The molecule has 0 aliphatic rings. The molecule has 0 saturated heterocycles. The number of hydrogen-bond acceptors (Lipinski definition) is 7. The molecule has 0 fully saturated rings. The van der Waals surface area contributed by atoms with Crippen molar-refractivity contribution in [2.24, 2.45) is 0 Å². The second-order valence-corrected chi connectivity index (χ2v) is 4.93. The molecule has 0 aliphatic carbocycles. The quantitative estimate of drug-likeness (QED) is 0.473. The first-order valence-electron chi connectivity index (χ1n) is 5.56. The van der Waals surface area contributed by atoms with Crippen LogP contribution in [0.4, 0.5) is 3.89 Å². The molecule has 0 amide bonds. The average molecular weight is 316 g/mol. The second kappa shape index (κ2) is 5.52. The first kappa shape index (κ1) is 15.0. The fourth-order valence-corrected chi connectivity index (χ4v) is 2.08. The third kappa shape index (κ3) is 3.78. The van der Waals surface area contributed by atoms with Gasteiger partial charge in [0.15, 0.2) is 0 Å². The van der Waals surface area contributed by atoms with Crippen molar-refractivity contribution in [1.29, 1.82) is 0 Å². The molecule has 1 aromatic carbocycles. The van der Waals surface area contributed by atoms with Crippen LogP contribution < -0.4 is 9.81 Å². The highest BCUT2D eigenvalue weighted by molar-refractivity contribution is 7.81. The molecule has 0 spiro atoms. The lowest BCUT2D eigenvalue weighted by Gasteiger charge is -2.06. The van der Waals surface area contributed by atoms with Crippen molar-refractivity contribution in [3.05, 3.63) is 40.2 Å². The average Bonchev–Trinajstić information content (AvgIpc) is 2.35. The van der Waals surface area contributed by atoms with Crippen LogP contribution in [0.2, 0.25) is 0 Å². The van der Waals surface area contributed by atoms with Gasteiger partial charge >= 0.3 is 22.1 Å². The smallest absolute Gasteiger partial charge is 0.469 e. The van der Waals surface area contributed by atoms with Crippen LogP contribution in [-0.2, 0) is 26.5 Å². The van der Waals surface area contributed by atoms with Crippen molar-refractivity contribution in [1.82, 2.24) is 0 Å².